The SMILES string of the molecule is CC1(C)CC(NC(=O)c2ccc(Oc3cccc4c3C(=O)NCC4)c(Cl)c2)CC(C)(C)N1. The highest BCUT2D eigenvalue weighted by atomic mass is 35.5. The normalized spacial score (nSPS) is 19.6. The molecule has 2 heterocycles. The molecule has 0 radical (unpaired) electrons. The zero-order chi connectivity index (χ0) is 23.1. The van der Waals surface area contributed by atoms with Gasteiger partial charge in [-0.25, -0.2) is 0 Å². The van der Waals surface area contributed by atoms with Gasteiger partial charge in [-0.15, -0.1) is 0 Å². The van der Waals surface area contributed by atoms with E-state index in [2.05, 4.69) is 43.6 Å². The van der Waals surface area contributed by atoms with Gasteiger partial charge in [-0.05, 0) is 76.8 Å². The van der Waals surface area contributed by atoms with Gasteiger partial charge in [-0.1, -0.05) is 23.7 Å². The number of benzene rings is 2. The van der Waals surface area contributed by atoms with Crippen LogP contribution in [0.3, 0.4) is 0 Å². The number of piperidine rings is 1. The van der Waals surface area contributed by atoms with E-state index in [-0.39, 0.29) is 28.9 Å². The van der Waals surface area contributed by atoms with Crippen molar-refractivity contribution in [2.75, 3.05) is 6.54 Å². The second-order valence-electron chi connectivity index (χ2n) is 10.0. The predicted octanol–water partition coefficient (Wildman–Crippen LogP) is 4.46. The van der Waals surface area contributed by atoms with Crippen LogP contribution in [0.15, 0.2) is 36.4 Å². The van der Waals surface area contributed by atoms with Crippen LogP contribution in [-0.4, -0.2) is 35.5 Å². The van der Waals surface area contributed by atoms with Gasteiger partial charge in [0.1, 0.15) is 11.5 Å². The van der Waals surface area contributed by atoms with E-state index in [9.17, 15) is 9.59 Å². The molecule has 0 bridgehead atoms. The summed E-state index contributed by atoms with van der Waals surface area (Å²) in [6, 6.07) is 10.6. The molecule has 170 valence electrons. The van der Waals surface area contributed by atoms with Crippen molar-refractivity contribution in [2.45, 2.75) is 64.1 Å². The molecule has 0 spiro atoms. The summed E-state index contributed by atoms with van der Waals surface area (Å²) in [5.74, 6) is 0.548. The molecule has 2 aromatic rings. The van der Waals surface area contributed by atoms with Crippen LogP contribution in [-0.2, 0) is 6.42 Å². The molecule has 6 nitrogen and oxygen atoms in total. The van der Waals surface area contributed by atoms with Crippen LogP contribution in [0.5, 0.6) is 11.5 Å². The maximum absolute atomic E-state index is 12.9. The molecular weight excluding hydrogens is 426 g/mol. The molecule has 1 saturated heterocycles. The summed E-state index contributed by atoms with van der Waals surface area (Å²) in [4.78, 5) is 25.2. The van der Waals surface area contributed by atoms with Crippen molar-refractivity contribution in [3.63, 3.8) is 0 Å². The third-order valence-corrected chi connectivity index (χ3v) is 6.25. The van der Waals surface area contributed by atoms with E-state index in [1.165, 1.54) is 0 Å². The lowest BCUT2D eigenvalue weighted by Gasteiger charge is -2.46. The lowest BCUT2D eigenvalue weighted by molar-refractivity contribution is 0.0872. The van der Waals surface area contributed by atoms with E-state index in [1.54, 1.807) is 24.3 Å². The van der Waals surface area contributed by atoms with Crippen molar-refractivity contribution in [3.8, 4) is 11.5 Å². The smallest absolute Gasteiger partial charge is 0.255 e. The first-order chi connectivity index (χ1) is 15.0. The molecule has 7 heteroatoms. The van der Waals surface area contributed by atoms with Gasteiger partial charge in [-0.2, -0.15) is 0 Å². The molecule has 0 atom stereocenters. The molecule has 2 aliphatic heterocycles. The Morgan fingerprint density at radius 3 is 2.50 bits per heavy atom. The molecule has 0 unspecified atom stereocenters. The van der Waals surface area contributed by atoms with Crippen LogP contribution in [0.4, 0.5) is 0 Å². The summed E-state index contributed by atoms with van der Waals surface area (Å²) >= 11 is 6.46. The zero-order valence-corrected chi connectivity index (χ0v) is 19.7. The van der Waals surface area contributed by atoms with Gasteiger partial charge in [0, 0.05) is 29.2 Å². The topological polar surface area (TPSA) is 79.5 Å². The number of halogens is 1. The van der Waals surface area contributed by atoms with Gasteiger partial charge in [0.05, 0.1) is 10.6 Å². The van der Waals surface area contributed by atoms with Crippen LogP contribution in [0.1, 0.15) is 66.8 Å². The van der Waals surface area contributed by atoms with Crippen molar-refractivity contribution >= 4 is 23.4 Å². The van der Waals surface area contributed by atoms with E-state index in [4.69, 9.17) is 16.3 Å². The highest BCUT2D eigenvalue weighted by Gasteiger charge is 2.38. The van der Waals surface area contributed by atoms with Crippen LogP contribution >= 0.6 is 11.6 Å². The minimum absolute atomic E-state index is 0.0594. The fourth-order valence-electron chi connectivity index (χ4n) is 5.06. The van der Waals surface area contributed by atoms with Crippen molar-refractivity contribution < 1.29 is 14.3 Å². The number of nitrogens with one attached hydrogen (secondary N) is 3. The van der Waals surface area contributed by atoms with Gasteiger partial charge in [-0.3, -0.25) is 9.59 Å². The number of carbonyl (C=O) groups is 2. The number of ether oxygens (including phenoxy) is 1. The van der Waals surface area contributed by atoms with E-state index in [0.29, 0.717) is 34.2 Å². The van der Waals surface area contributed by atoms with Crippen LogP contribution in [0.2, 0.25) is 5.02 Å². The first kappa shape index (κ1) is 22.6. The number of rotatable bonds is 4. The number of carbonyl (C=O) groups excluding carboxylic acids is 2. The Bertz CT molecular complexity index is 1050. The Labute approximate surface area is 194 Å². The summed E-state index contributed by atoms with van der Waals surface area (Å²) in [6.45, 7) is 9.22. The lowest BCUT2D eigenvalue weighted by Crippen LogP contribution is -2.62. The molecule has 4 rings (SSSR count). The highest BCUT2D eigenvalue weighted by Crippen LogP contribution is 2.34. The number of amides is 2. The fraction of sp³-hybridized carbons (Fsp3) is 0.440. The van der Waals surface area contributed by atoms with E-state index in [1.807, 2.05) is 12.1 Å². The predicted molar refractivity (Wildman–Crippen MR) is 126 cm³/mol. The van der Waals surface area contributed by atoms with Crippen LogP contribution < -0.4 is 20.7 Å². The van der Waals surface area contributed by atoms with Crippen molar-refractivity contribution in [3.05, 3.63) is 58.1 Å². The third-order valence-electron chi connectivity index (χ3n) is 5.96. The molecule has 3 N–H and O–H groups in total. The molecule has 2 amide bonds. The van der Waals surface area contributed by atoms with E-state index in [0.717, 1.165) is 24.8 Å². The fourth-order valence-corrected chi connectivity index (χ4v) is 5.28. The summed E-state index contributed by atoms with van der Waals surface area (Å²) in [5, 5.41) is 9.94. The quantitative estimate of drug-likeness (QED) is 0.636. The Morgan fingerprint density at radius 1 is 1.09 bits per heavy atom. The average molecular weight is 456 g/mol. The van der Waals surface area contributed by atoms with Gasteiger partial charge in [0.25, 0.3) is 11.8 Å². The summed E-state index contributed by atoms with van der Waals surface area (Å²) in [6.07, 6.45) is 2.45. The largest absolute Gasteiger partial charge is 0.455 e. The number of hydrogen-bond acceptors (Lipinski definition) is 4. The van der Waals surface area contributed by atoms with Crippen LogP contribution in [0, 0.1) is 0 Å². The molecule has 0 aliphatic carbocycles. The van der Waals surface area contributed by atoms with E-state index >= 15 is 0 Å². The maximum Gasteiger partial charge on any atom is 0.255 e. The Balaban J connectivity index is 1.50. The molecule has 2 aliphatic rings. The van der Waals surface area contributed by atoms with Crippen molar-refractivity contribution in [2.24, 2.45) is 0 Å². The lowest BCUT2D eigenvalue weighted by atomic mass is 9.79. The maximum atomic E-state index is 12.9. The number of hydrogen-bond donors (Lipinski definition) is 3. The Morgan fingerprint density at radius 2 is 1.81 bits per heavy atom. The molecule has 32 heavy (non-hydrogen) atoms. The first-order valence-electron chi connectivity index (χ1n) is 11.0. The molecular formula is C25H30ClN3O3. The van der Waals surface area contributed by atoms with Crippen LogP contribution in [0.25, 0.3) is 0 Å². The standard InChI is InChI=1S/C25H30ClN3O3/c1-24(2)13-17(14-25(3,4)29-24)28-22(30)16-8-9-19(18(26)12-16)32-20-7-5-6-15-10-11-27-23(31)21(15)20/h5-9,12,17,29H,10-11,13-14H2,1-4H3,(H,27,31)(H,28,30). The van der Waals surface area contributed by atoms with Gasteiger partial charge in [0.15, 0.2) is 0 Å². The highest BCUT2D eigenvalue weighted by molar-refractivity contribution is 6.32. The molecule has 0 aromatic heterocycles. The second kappa shape index (κ2) is 8.41. The minimum atomic E-state index is -0.159. The van der Waals surface area contributed by atoms with E-state index < -0.39 is 0 Å². The van der Waals surface area contributed by atoms with Gasteiger partial charge < -0.3 is 20.7 Å². The second-order valence-corrected chi connectivity index (χ2v) is 10.4. The van der Waals surface area contributed by atoms with Gasteiger partial charge >= 0.3 is 0 Å². The van der Waals surface area contributed by atoms with Gasteiger partial charge in [0.2, 0.25) is 0 Å². The average Bonchev–Trinajstić information content (AvgIpc) is 2.67. The third kappa shape index (κ3) is 4.92. The molecule has 0 saturated carbocycles. The van der Waals surface area contributed by atoms with Crippen molar-refractivity contribution in [1.29, 1.82) is 0 Å². The Hall–Kier alpha value is -2.57. The molecule has 2 aromatic carbocycles. The first-order valence-corrected chi connectivity index (χ1v) is 11.4. The number of fused-ring (bicyclic) bond motifs is 1. The summed E-state index contributed by atoms with van der Waals surface area (Å²) < 4.78 is 5.98. The Kier molecular flexibility index (Phi) is 5.94. The molecule has 1 fully saturated rings. The summed E-state index contributed by atoms with van der Waals surface area (Å²) in [5.41, 5.74) is 1.84. The monoisotopic (exact) mass is 455 g/mol. The minimum Gasteiger partial charge on any atom is -0.455 e. The van der Waals surface area contributed by atoms with Crippen molar-refractivity contribution in [1.82, 2.24) is 16.0 Å². The summed E-state index contributed by atoms with van der Waals surface area (Å²) in [7, 11) is 0. The zero-order valence-electron chi connectivity index (χ0n) is 19.0.